The maximum Gasteiger partial charge on any atom is 0.232 e. The second kappa shape index (κ2) is 11.2. The van der Waals surface area contributed by atoms with E-state index in [1.807, 2.05) is 30.3 Å². The van der Waals surface area contributed by atoms with E-state index in [-0.39, 0.29) is 47.9 Å². The molecule has 0 aromatic heterocycles. The Hall–Kier alpha value is -2.10. The first-order chi connectivity index (χ1) is 14.1. The zero-order valence-electron chi connectivity index (χ0n) is 16.4. The topological polar surface area (TPSA) is 99.8 Å². The van der Waals surface area contributed by atoms with Crippen molar-refractivity contribution in [2.45, 2.75) is 30.8 Å². The van der Waals surface area contributed by atoms with Gasteiger partial charge in [-0.05, 0) is 12.0 Å². The Morgan fingerprint density at radius 3 is 2.72 bits per heavy atom. The lowest BCUT2D eigenvalue weighted by molar-refractivity contribution is -0.132. The summed E-state index contributed by atoms with van der Waals surface area (Å²) in [4.78, 5) is 38.3. The van der Waals surface area contributed by atoms with E-state index in [1.165, 1.54) is 17.3 Å². The zero-order chi connectivity index (χ0) is 20.5. The summed E-state index contributed by atoms with van der Waals surface area (Å²) in [7, 11) is 0. The lowest BCUT2D eigenvalue weighted by Gasteiger charge is -2.32. The zero-order valence-corrected chi connectivity index (χ0v) is 17.2. The Bertz CT molecular complexity index is 697. The van der Waals surface area contributed by atoms with Crippen molar-refractivity contribution >= 4 is 29.5 Å². The molecule has 3 rings (SSSR count). The number of amides is 3. The summed E-state index contributed by atoms with van der Waals surface area (Å²) in [6.07, 6.45) is 1.25. The molecule has 2 heterocycles. The molecule has 2 saturated heterocycles. The van der Waals surface area contributed by atoms with E-state index in [1.54, 1.807) is 4.90 Å². The van der Waals surface area contributed by atoms with Gasteiger partial charge in [-0.2, -0.15) is 0 Å². The van der Waals surface area contributed by atoms with E-state index >= 15 is 0 Å². The average molecular weight is 421 g/mol. The molecule has 0 saturated carbocycles. The van der Waals surface area contributed by atoms with Crippen LogP contribution in [0, 0.1) is 0 Å². The monoisotopic (exact) mass is 420 g/mol. The highest BCUT2D eigenvalue weighted by Crippen LogP contribution is 2.15. The van der Waals surface area contributed by atoms with E-state index in [9.17, 15) is 14.4 Å². The van der Waals surface area contributed by atoms with Crippen LogP contribution >= 0.6 is 11.8 Å². The lowest BCUT2D eigenvalue weighted by Crippen LogP contribution is -2.56. The average Bonchev–Trinajstić information content (AvgIpc) is 2.73. The quantitative estimate of drug-likeness (QED) is 0.551. The van der Waals surface area contributed by atoms with Crippen LogP contribution in [-0.2, 0) is 25.5 Å². The summed E-state index contributed by atoms with van der Waals surface area (Å²) < 4.78 is 5.25. The number of hydrogen-bond donors (Lipinski definition) is 3. The number of morpholine rings is 1. The number of hydrogen-bond acceptors (Lipinski definition) is 6. The summed E-state index contributed by atoms with van der Waals surface area (Å²) in [5, 5.41) is 9.00. The molecule has 3 N–H and O–H groups in total. The highest BCUT2D eigenvalue weighted by atomic mass is 32.2. The van der Waals surface area contributed by atoms with Crippen molar-refractivity contribution in [3.63, 3.8) is 0 Å². The van der Waals surface area contributed by atoms with Gasteiger partial charge in [0.2, 0.25) is 17.7 Å². The Kier molecular flexibility index (Phi) is 8.33. The third-order valence-corrected chi connectivity index (χ3v) is 5.86. The van der Waals surface area contributed by atoms with Crippen molar-refractivity contribution in [1.82, 2.24) is 20.9 Å². The lowest BCUT2D eigenvalue weighted by atomic mass is 10.1. The summed E-state index contributed by atoms with van der Waals surface area (Å²) in [5.41, 5.74) is 0.799. The smallest absolute Gasteiger partial charge is 0.232 e. The molecule has 2 aliphatic rings. The van der Waals surface area contributed by atoms with Gasteiger partial charge in [0.1, 0.15) is 5.50 Å². The van der Waals surface area contributed by atoms with Gasteiger partial charge in [-0.1, -0.05) is 30.3 Å². The molecule has 2 fully saturated rings. The molecule has 2 unspecified atom stereocenters. The van der Waals surface area contributed by atoms with Gasteiger partial charge < -0.3 is 20.3 Å². The van der Waals surface area contributed by atoms with Crippen molar-refractivity contribution in [3.8, 4) is 0 Å². The summed E-state index contributed by atoms with van der Waals surface area (Å²) in [6, 6.07) is 9.73. The molecule has 2 atom stereocenters. The molecule has 0 spiro atoms. The van der Waals surface area contributed by atoms with Crippen molar-refractivity contribution in [3.05, 3.63) is 35.9 Å². The third-order valence-electron chi connectivity index (χ3n) is 4.86. The number of nitrogens with zero attached hydrogens (tertiary/aromatic N) is 1. The molecule has 0 bridgehead atoms. The fourth-order valence-electron chi connectivity index (χ4n) is 3.31. The second-order valence-corrected chi connectivity index (χ2v) is 8.20. The standard InChI is InChI=1S/C20H28N4O4S/c25-17(21-7-6-15-4-2-1-3-5-15)12-16-13-18(26)23-20(22-16)29-14-19(27)24-8-10-28-11-9-24/h1-5,16,20,22H,6-14H2,(H,21,25)(H,23,26). The molecule has 158 valence electrons. The van der Waals surface area contributed by atoms with Crippen LogP contribution in [0.1, 0.15) is 18.4 Å². The van der Waals surface area contributed by atoms with E-state index < -0.39 is 0 Å². The first-order valence-corrected chi connectivity index (χ1v) is 11.0. The Morgan fingerprint density at radius 2 is 1.97 bits per heavy atom. The number of nitrogens with one attached hydrogen (secondary N) is 3. The summed E-state index contributed by atoms with van der Waals surface area (Å²) >= 11 is 1.34. The van der Waals surface area contributed by atoms with Crippen LogP contribution in [0.2, 0.25) is 0 Å². The van der Waals surface area contributed by atoms with Crippen LogP contribution in [0.5, 0.6) is 0 Å². The third kappa shape index (κ3) is 7.34. The minimum absolute atomic E-state index is 0.0372. The Balaban J connectivity index is 1.37. The van der Waals surface area contributed by atoms with E-state index in [2.05, 4.69) is 16.0 Å². The molecular formula is C20H28N4O4S. The minimum atomic E-state index is -0.372. The van der Waals surface area contributed by atoms with E-state index in [0.29, 0.717) is 32.8 Å². The van der Waals surface area contributed by atoms with Crippen LogP contribution in [0.3, 0.4) is 0 Å². The van der Waals surface area contributed by atoms with Gasteiger partial charge in [0.25, 0.3) is 0 Å². The fourth-order valence-corrected chi connectivity index (χ4v) is 4.31. The first kappa shape index (κ1) is 21.6. The van der Waals surface area contributed by atoms with Crippen LogP contribution in [0.25, 0.3) is 0 Å². The number of carbonyl (C=O) groups excluding carboxylic acids is 3. The first-order valence-electron chi connectivity index (χ1n) is 9.93. The van der Waals surface area contributed by atoms with Gasteiger partial charge in [-0.15, -0.1) is 11.8 Å². The minimum Gasteiger partial charge on any atom is -0.378 e. The van der Waals surface area contributed by atoms with Crippen molar-refractivity contribution in [1.29, 1.82) is 0 Å². The van der Waals surface area contributed by atoms with E-state index in [0.717, 1.165) is 6.42 Å². The van der Waals surface area contributed by atoms with Gasteiger partial charge in [0.05, 0.1) is 19.0 Å². The molecule has 1 aromatic carbocycles. The predicted molar refractivity (Wildman–Crippen MR) is 111 cm³/mol. The Labute approximate surface area is 175 Å². The summed E-state index contributed by atoms with van der Waals surface area (Å²) in [5.74, 6) is 0.118. The molecule has 3 amide bonds. The number of benzene rings is 1. The maximum atomic E-state index is 12.3. The predicted octanol–water partition coefficient (Wildman–Crippen LogP) is 0.0891. The molecule has 29 heavy (non-hydrogen) atoms. The number of rotatable bonds is 8. The van der Waals surface area contributed by atoms with Crippen molar-refractivity contribution < 1.29 is 19.1 Å². The van der Waals surface area contributed by atoms with Crippen LogP contribution < -0.4 is 16.0 Å². The van der Waals surface area contributed by atoms with Crippen molar-refractivity contribution in [2.24, 2.45) is 0 Å². The SMILES string of the molecule is O=C(CC1CC(=O)NC(SCC(=O)N2CCOCC2)N1)NCCc1ccccc1. The van der Waals surface area contributed by atoms with Gasteiger partial charge in [0.15, 0.2) is 0 Å². The summed E-state index contributed by atoms with van der Waals surface area (Å²) in [6.45, 7) is 2.91. The highest BCUT2D eigenvalue weighted by Gasteiger charge is 2.28. The molecule has 2 aliphatic heterocycles. The van der Waals surface area contributed by atoms with Crippen LogP contribution in [0.4, 0.5) is 0 Å². The van der Waals surface area contributed by atoms with Gasteiger partial charge in [-0.3, -0.25) is 19.7 Å². The second-order valence-electron chi connectivity index (χ2n) is 7.11. The molecule has 8 nitrogen and oxygen atoms in total. The van der Waals surface area contributed by atoms with Crippen LogP contribution in [0.15, 0.2) is 30.3 Å². The largest absolute Gasteiger partial charge is 0.378 e. The molecular weight excluding hydrogens is 392 g/mol. The molecule has 0 aliphatic carbocycles. The number of ether oxygens (including phenoxy) is 1. The molecule has 0 radical (unpaired) electrons. The number of thioether (sulfide) groups is 1. The van der Waals surface area contributed by atoms with Crippen LogP contribution in [-0.4, -0.2) is 72.8 Å². The van der Waals surface area contributed by atoms with Crippen molar-refractivity contribution in [2.75, 3.05) is 38.6 Å². The molecule has 1 aromatic rings. The van der Waals surface area contributed by atoms with E-state index in [4.69, 9.17) is 4.74 Å². The highest BCUT2D eigenvalue weighted by molar-refractivity contribution is 8.00. The molecule has 9 heteroatoms. The fraction of sp³-hybridized carbons (Fsp3) is 0.550. The normalized spacial score (nSPS) is 22.1. The van der Waals surface area contributed by atoms with Gasteiger partial charge >= 0.3 is 0 Å². The van der Waals surface area contributed by atoms with Gasteiger partial charge in [-0.25, -0.2) is 0 Å². The Morgan fingerprint density at radius 1 is 1.21 bits per heavy atom. The maximum absolute atomic E-state index is 12.3. The van der Waals surface area contributed by atoms with Gasteiger partial charge in [0, 0.05) is 38.5 Å². The number of carbonyl (C=O) groups is 3.